The van der Waals surface area contributed by atoms with Crippen LogP contribution >= 0.6 is 0 Å². The number of fused-ring (bicyclic) bond motifs is 1. The molecule has 1 heterocycles. The molecule has 3 heteroatoms. The number of nitrogens with zero attached hydrogens (tertiary/aromatic N) is 1. The molecule has 0 atom stereocenters. The second-order valence-electron chi connectivity index (χ2n) is 5.39. The highest BCUT2D eigenvalue weighted by Crippen LogP contribution is 2.17. The first-order valence-corrected chi connectivity index (χ1v) is 6.80. The van der Waals surface area contributed by atoms with E-state index in [0.29, 0.717) is 6.42 Å². The standard InChI is InChI=1S/C16H18N2O/c1-10-6-7-12(8-11(10)2)9-15-17-14-5-3-4-13(14)16(19)18-15/h6-8H,3-5,9H2,1-2H3,(H,17,18,19). The summed E-state index contributed by atoms with van der Waals surface area (Å²) in [6.07, 6.45) is 3.57. The molecule has 0 unspecified atom stereocenters. The minimum Gasteiger partial charge on any atom is -0.310 e. The maximum absolute atomic E-state index is 11.9. The van der Waals surface area contributed by atoms with Crippen LogP contribution in [0.25, 0.3) is 0 Å². The van der Waals surface area contributed by atoms with Crippen molar-refractivity contribution in [2.75, 3.05) is 0 Å². The van der Waals surface area contributed by atoms with E-state index in [9.17, 15) is 4.79 Å². The Bertz CT molecular complexity index is 686. The zero-order chi connectivity index (χ0) is 13.4. The van der Waals surface area contributed by atoms with Crippen LogP contribution in [0, 0.1) is 13.8 Å². The van der Waals surface area contributed by atoms with Gasteiger partial charge in [-0.1, -0.05) is 18.2 Å². The molecule has 0 amide bonds. The van der Waals surface area contributed by atoms with E-state index in [1.54, 1.807) is 0 Å². The van der Waals surface area contributed by atoms with Crippen molar-refractivity contribution in [2.24, 2.45) is 0 Å². The van der Waals surface area contributed by atoms with Gasteiger partial charge < -0.3 is 4.98 Å². The molecule has 1 aliphatic rings. The molecule has 0 fully saturated rings. The Balaban J connectivity index is 1.93. The number of aromatic amines is 1. The van der Waals surface area contributed by atoms with Crippen LogP contribution < -0.4 is 5.56 Å². The monoisotopic (exact) mass is 254 g/mol. The fraction of sp³-hybridized carbons (Fsp3) is 0.375. The van der Waals surface area contributed by atoms with E-state index in [-0.39, 0.29) is 5.56 Å². The summed E-state index contributed by atoms with van der Waals surface area (Å²) >= 11 is 0. The van der Waals surface area contributed by atoms with Crippen LogP contribution in [-0.2, 0) is 19.3 Å². The van der Waals surface area contributed by atoms with Crippen molar-refractivity contribution in [3.8, 4) is 0 Å². The predicted molar refractivity (Wildman–Crippen MR) is 75.6 cm³/mol. The van der Waals surface area contributed by atoms with Gasteiger partial charge >= 0.3 is 0 Å². The first-order valence-electron chi connectivity index (χ1n) is 6.80. The Hall–Kier alpha value is -1.90. The van der Waals surface area contributed by atoms with Crippen LogP contribution in [0.1, 0.15) is 40.2 Å². The Morgan fingerprint density at radius 3 is 2.84 bits per heavy atom. The van der Waals surface area contributed by atoms with E-state index in [1.165, 1.54) is 16.7 Å². The molecule has 0 saturated heterocycles. The molecule has 3 nitrogen and oxygen atoms in total. The minimum absolute atomic E-state index is 0.0568. The van der Waals surface area contributed by atoms with Gasteiger partial charge in [-0.15, -0.1) is 0 Å². The summed E-state index contributed by atoms with van der Waals surface area (Å²) in [5.41, 5.74) is 5.72. The molecule has 0 aliphatic heterocycles. The lowest BCUT2D eigenvalue weighted by molar-refractivity contribution is 0.882. The predicted octanol–water partition coefficient (Wildman–Crippen LogP) is 2.47. The molecule has 0 bridgehead atoms. The lowest BCUT2D eigenvalue weighted by Gasteiger charge is -2.06. The SMILES string of the molecule is Cc1ccc(Cc2nc3c(c(=O)[nH]2)CCC3)cc1C. The van der Waals surface area contributed by atoms with Crippen molar-refractivity contribution >= 4 is 0 Å². The molecule has 98 valence electrons. The first-order chi connectivity index (χ1) is 9.13. The first kappa shape index (κ1) is 12.2. The van der Waals surface area contributed by atoms with E-state index in [2.05, 4.69) is 42.0 Å². The largest absolute Gasteiger partial charge is 0.310 e. The molecule has 1 aliphatic carbocycles. The number of rotatable bonds is 2. The summed E-state index contributed by atoms with van der Waals surface area (Å²) in [7, 11) is 0. The summed E-state index contributed by atoms with van der Waals surface area (Å²) in [5, 5.41) is 0. The van der Waals surface area contributed by atoms with Gasteiger partial charge in [-0.25, -0.2) is 4.98 Å². The molecule has 1 aromatic heterocycles. The highest BCUT2D eigenvalue weighted by molar-refractivity contribution is 5.32. The van der Waals surface area contributed by atoms with Gasteiger partial charge in [0.25, 0.3) is 5.56 Å². The molecular formula is C16H18N2O. The number of aromatic nitrogens is 2. The van der Waals surface area contributed by atoms with Crippen LogP contribution in [0.5, 0.6) is 0 Å². The van der Waals surface area contributed by atoms with Crippen molar-refractivity contribution in [1.82, 2.24) is 9.97 Å². The normalized spacial score (nSPS) is 13.6. The number of nitrogens with one attached hydrogen (secondary N) is 1. The number of H-pyrrole nitrogens is 1. The average molecular weight is 254 g/mol. The fourth-order valence-electron chi connectivity index (χ4n) is 2.68. The molecule has 0 spiro atoms. The molecule has 1 aromatic carbocycles. The van der Waals surface area contributed by atoms with Crippen LogP contribution in [0.3, 0.4) is 0 Å². The van der Waals surface area contributed by atoms with Crippen LogP contribution in [0.15, 0.2) is 23.0 Å². The van der Waals surface area contributed by atoms with Crippen LogP contribution in [-0.4, -0.2) is 9.97 Å². The Kier molecular flexibility index (Phi) is 2.97. The number of hydrogen-bond donors (Lipinski definition) is 1. The van der Waals surface area contributed by atoms with Gasteiger partial charge in [0.05, 0.1) is 5.69 Å². The molecule has 3 rings (SSSR count). The number of hydrogen-bond acceptors (Lipinski definition) is 2. The Morgan fingerprint density at radius 2 is 2.05 bits per heavy atom. The van der Waals surface area contributed by atoms with Gasteiger partial charge in [-0.05, 0) is 49.8 Å². The van der Waals surface area contributed by atoms with Gasteiger partial charge in [0.2, 0.25) is 0 Å². The van der Waals surface area contributed by atoms with Crippen molar-refractivity contribution in [3.63, 3.8) is 0 Å². The molecule has 0 radical (unpaired) electrons. The van der Waals surface area contributed by atoms with Crippen molar-refractivity contribution < 1.29 is 0 Å². The Labute approximate surface area is 112 Å². The molecule has 19 heavy (non-hydrogen) atoms. The van der Waals surface area contributed by atoms with E-state index >= 15 is 0 Å². The highest BCUT2D eigenvalue weighted by Gasteiger charge is 2.17. The topological polar surface area (TPSA) is 45.8 Å². The summed E-state index contributed by atoms with van der Waals surface area (Å²) < 4.78 is 0. The van der Waals surface area contributed by atoms with Crippen LogP contribution in [0.2, 0.25) is 0 Å². The maximum atomic E-state index is 11.9. The summed E-state index contributed by atoms with van der Waals surface area (Å²) in [4.78, 5) is 19.5. The minimum atomic E-state index is 0.0568. The van der Waals surface area contributed by atoms with Crippen molar-refractivity contribution in [3.05, 3.63) is 62.3 Å². The lowest BCUT2D eigenvalue weighted by atomic mass is 10.0. The third kappa shape index (κ3) is 2.33. The average Bonchev–Trinajstić information content (AvgIpc) is 2.82. The van der Waals surface area contributed by atoms with E-state index in [4.69, 9.17) is 0 Å². The third-order valence-electron chi connectivity index (χ3n) is 3.93. The van der Waals surface area contributed by atoms with E-state index < -0.39 is 0 Å². The van der Waals surface area contributed by atoms with Gasteiger partial charge in [0.1, 0.15) is 5.82 Å². The zero-order valence-corrected chi connectivity index (χ0v) is 11.4. The third-order valence-corrected chi connectivity index (χ3v) is 3.93. The quantitative estimate of drug-likeness (QED) is 0.894. The lowest BCUT2D eigenvalue weighted by Crippen LogP contribution is -2.17. The summed E-state index contributed by atoms with van der Waals surface area (Å²) in [5.74, 6) is 0.786. The molecule has 2 aromatic rings. The van der Waals surface area contributed by atoms with Gasteiger partial charge in [-0.3, -0.25) is 4.79 Å². The second-order valence-corrected chi connectivity index (χ2v) is 5.39. The van der Waals surface area contributed by atoms with Gasteiger partial charge in [-0.2, -0.15) is 0 Å². The van der Waals surface area contributed by atoms with E-state index in [0.717, 1.165) is 36.3 Å². The molecule has 0 saturated carbocycles. The molecule has 1 N–H and O–H groups in total. The highest BCUT2D eigenvalue weighted by atomic mass is 16.1. The van der Waals surface area contributed by atoms with E-state index in [1.807, 2.05) is 0 Å². The summed E-state index contributed by atoms with van der Waals surface area (Å²) in [6.45, 7) is 4.21. The smallest absolute Gasteiger partial charge is 0.254 e. The van der Waals surface area contributed by atoms with Gasteiger partial charge in [0, 0.05) is 12.0 Å². The Morgan fingerprint density at radius 1 is 1.21 bits per heavy atom. The van der Waals surface area contributed by atoms with Gasteiger partial charge in [0.15, 0.2) is 0 Å². The zero-order valence-electron chi connectivity index (χ0n) is 11.4. The fourth-order valence-corrected chi connectivity index (χ4v) is 2.68. The summed E-state index contributed by atoms with van der Waals surface area (Å²) in [6, 6.07) is 6.40. The maximum Gasteiger partial charge on any atom is 0.254 e. The number of benzene rings is 1. The van der Waals surface area contributed by atoms with Crippen molar-refractivity contribution in [1.29, 1.82) is 0 Å². The van der Waals surface area contributed by atoms with Crippen molar-refractivity contribution in [2.45, 2.75) is 39.5 Å². The van der Waals surface area contributed by atoms with Crippen LogP contribution in [0.4, 0.5) is 0 Å². The molecular weight excluding hydrogens is 236 g/mol. The second kappa shape index (κ2) is 4.65. The number of aryl methyl sites for hydroxylation is 3.